The molecule has 3 saturated carbocycles. The van der Waals surface area contributed by atoms with E-state index in [1.54, 1.807) is 11.3 Å². The molecule has 0 radical (unpaired) electrons. The monoisotopic (exact) mass is 414 g/mol. The molecule has 3 atom stereocenters. The van der Waals surface area contributed by atoms with Gasteiger partial charge in [0.2, 0.25) is 0 Å². The van der Waals surface area contributed by atoms with Crippen LogP contribution in [0, 0.1) is 18.3 Å². The van der Waals surface area contributed by atoms with Gasteiger partial charge in [-0.2, -0.15) is 0 Å². The van der Waals surface area contributed by atoms with E-state index in [-0.39, 0.29) is 11.6 Å². The van der Waals surface area contributed by atoms with Crippen molar-refractivity contribution in [1.82, 2.24) is 20.3 Å². The lowest BCUT2D eigenvalue weighted by Gasteiger charge is -2.37. The fraction of sp³-hybridized carbons (Fsp3) is 0.783. The Balaban J connectivity index is 1.37. The number of aryl methyl sites for hydroxylation is 1. The first-order chi connectivity index (χ1) is 13.8. The van der Waals surface area contributed by atoms with Crippen LogP contribution in [0.4, 0.5) is 0 Å². The van der Waals surface area contributed by atoms with Crippen LogP contribution in [0.2, 0.25) is 0 Å². The zero-order valence-electron chi connectivity index (χ0n) is 18.0. The molecular weight excluding hydrogens is 380 g/mol. The molecule has 2 heterocycles. The highest BCUT2D eigenvalue weighted by Gasteiger charge is 2.45. The Morgan fingerprint density at radius 1 is 1.07 bits per heavy atom. The smallest absolute Gasteiger partial charge is 0.147 e. The van der Waals surface area contributed by atoms with Gasteiger partial charge >= 0.3 is 0 Å². The molecule has 5 nitrogen and oxygen atoms in total. The lowest BCUT2D eigenvalue weighted by atomic mass is 9.73. The highest BCUT2D eigenvalue weighted by molar-refractivity contribution is 7.18. The number of aliphatic hydroxyl groups excluding tert-OH is 1. The van der Waals surface area contributed by atoms with E-state index in [0.29, 0.717) is 17.3 Å². The van der Waals surface area contributed by atoms with Crippen LogP contribution in [-0.2, 0) is 6.54 Å². The first kappa shape index (κ1) is 19.8. The summed E-state index contributed by atoms with van der Waals surface area (Å²) in [6.07, 6.45) is 10.3. The first-order valence-corrected chi connectivity index (χ1v) is 12.2. The summed E-state index contributed by atoms with van der Waals surface area (Å²) < 4.78 is 0. The second-order valence-electron chi connectivity index (χ2n) is 10.7. The SMILES string of the molecule is Cc1nc(CN[C@]23CC[C@H](C[C@H](O)C2)C3)c2nc(C3CCC(C)(C)CC3)sc2n1. The van der Waals surface area contributed by atoms with Crippen LogP contribution >= 0.6 is 11.3 Å². The van der Waals surface area contributed by atoms with Crippen LogP contribution < -0.4 is 5.32 Å². The number of aromatic nitrogens is 3. The second-order valence-corrected chi connectivity index (χ2v) is 11.7. The highest BCUT2D eigenvalue weighted by Crippen LogP contribution is 2.46. The average molecular weight is 415 g/mol. The Morgan fingerprint density at radius 3 is 2.66 bits per heavy atom. The van der Waals surface area contributed by atoms with Gasteiger partial charge in [0.1, 0.15) is 16.2 Å². The molecular formula is C23H34N4OS. The van der Waals surface area contributed by atoms with Crippen LogP contribution in [0.15, 0.2) is 0 Å². The third-order valence-corrected chi connectivity index (χ3v) is 8.83. The Labute approximate surface area is 177 Å². The van der Waals surface area contributed by atoms with E-state index in [1.807, 2.05) is 6.92 Å². The van der Waals surface area contributed by atoms with Crippen LogP contribution in [0.5, 0.6) is 0 Å². The van der Waals surface area contributed by atoms with Crippen molar-refractivity contribution < 1.29 is 5.11 Å². The van der Waals surface area contributed by atoms with Gasteiger partial charge in [0.25, 0.3) is 0 Å². The van der Waals surface area contributed by atoms with Crippen LogP contribution in [0.3, 0.4) is 0 Å². The number of nitrogens with zero attached hydrogens (tertiary/aromatic N) is 3. The summed E-state index contributed by atoms with van der Waals surface area (Å²) in [6, 6.07) is 0. The van der Waals surface area contributed by atoms with Crippen molar-refractivity contribution in [3.05, 3.63) is 16.5 Å². The molecule has 2 N–H and O–H groups in total. The topological polar surface area (TPSA) is 70.9 Å². The summed E-state index contributed by atoms with van der Waals surface area (Å²) in [5, 5.41) is 15.3. The zero-order chi connectivity index (χ0) is 20.2. The van der Waals surface area contributed by atoms with Crippen molar-refractivity contribution >= 4 is 21.7 Å². The second kappa shape index (κ2) is 7.24. The predicted octanol–water partition coefficient (Wildman–Crippen LogP) is 4.86. The Bertz CT molecular complexity index is 900. The minimum Gasteiger partial charge on any atom is -0.393 e. The van der Waals surface area contributed by atoms with Gasteiger partial charge in [0, 0.05) is 18.0 Å². The quantitative estimate of drug-likeness (QED) is 0.747. The van der Waals surface area contributed by atoms with Gasteiger partial charge in [0.05, 0.1) is 16.8 Å². The molecule has 2 bridgehead atoms. The number of thiazole rings is 1. The number of fused-ring (bicyclic) bond motifs is 3. The molecule has 0 aliphatic heterocycles. The molecule has 29 heavy (non-hydrogen) atoms. The molecule has 3 aliphatic carbocycles. The summed E-state index contributed by atoms with van der Waals surface area (Å²) in [6.45, 7) is 7.48. The van der Waals surface area contributed by atoms with Gasteiger partial charge in [-0.1, -0.05) is 25.2 Å². The van der Waals surface area contributed by atoms with E-state index < -0.39 is 0 Å². The lowest BCUT2D eigenvalue weighted by molar-refractivity contribution is 0.0708. The fourth-order valence-corrected chi connectivity index (χ4v) is 7.18. The maximum absolute atomic E-state index is 10.3. The summed E-state index contributed by atoms with van der Waals surface area (Å²) in [5.41, 5.74) is 2.59. The van der Waals surface area contributed by atoms with Crippen molar-refractivity contribution in [2.24, 2.45) is 11.3 Å². The van der Waals surface area contributed by atoms with Crippen molar-refractivity contribution in [2.75, 3.05) is 0 Å². The molecule has 0 spiro atoms. The normalized spacial score (nSPS) is 32.1. The van der Waals surface area contributed by atoms with Crippen LogP contribution in [-0.4, -0.2) is 31.7 Å². The first-order valence-electron chi connectivity index (χ1n) is 11.4. The highest BCUT2D eigenvalue weighted by atomic mass is 32.1. The largest absolute Gasteiger partial charge is 0.393 e. The van der Waals surface area contributed by atoms with E-state index in [4.69, 9.17) is 15.0 Å². The van der Waals surface area contributed by atoms with Crippen LogP contribution in [0.1, 0.15) is 94.1 Å². The Hall–Kier alpha value is -1.11. The van der Waals surface area contributed by atoms with E-state index in [9.17, 15) is 5.11 Å². The van der Waals surface area contributed by atoms with Gasteiger partial charge in [-0.3, -0.25) is 0 Å². The molecule has 0 amide bonds. The van der Waals surface area contributed by atoms with E-state index in [0.717, 1.165) is 41.3 Å². The molecule has 3 aliphatic rings. The van der Waals surface area contributed by atoms with Crippen LogP contribution in [0.25, 0.3) is 10.3 Å². The maximum atomic E-state index is 10.3. The fourth-order valence-electron chi connectivity index (χ4n) is 6.00. The Morgan fingerprint density at radius 2 is 1.86 bits per heavy atom. The van der Waals surface area contributed by atoms with Gasteiger partial charge < -0.3 is 10.4 Å². The van der Waals surface area contributed by atoms with Gasteiger partial charge in [-0.05, 0) is 76.0 Å². The molecule has 3 fully saturated rings. The van der Waals surface area contributed by atoms with Crippen molar-refractivity contribution in [2.45, 2.75) is 103 Å². The molecule has 0 unspecified atom stereocenters. The summed E-state index contributed by atoms with van der Waals surface area (Å²) >= 11 is 1.78. The molecule has 158 valence electrons. The number of hydrogen-bond donors (Lipinski definition) is 2. The molecule has 6 heteroatoms. The van der Waals surface area contributed by atoms with E-state index in [1.165, 1.54) is 50.0 Å². The zero-order valence-corrected chi connectivity index (χ0v) is 18.8. The van der Waals surface area contributed by atoms with Crippen molar-refractivity contribution in [1.29, 1.82) is 0 Å². The minimum atomic E-state index is -0.155. The maximum Gasteiger partial charge on any atom is 0.147 e. The third kappa shape index (κ3) is 3.96. The van der Waals surface area contributed by atoms with Gasteiger partial charge in [-0.15, -0.1) is 0 Å². The van der Waals surface area contributed by atoms with Crippen molar-refractivity contribution in [3.63, 3.8) is 0 Å². The standard InChI is InChI=1S/C23H34N4OS/c1-14-25-18(13-24-23-9-4-15(11-23)10-17(28)12-23)19-21(26-14)29-20(27-19)16-5-7-22(2,3)8-6-16/h15-17,24,28H,4-13H2,1-3H3/t15-,17+,23+/m1/s1. The predicted molar refractivity (Wildman–Crippen MR) is 117 cm³/mol. The van der Waals surface area contributed by atoms with Gasteiger partial charge in [-0.25, -0.2) is 15.0 Å². The van der Waals surface area contributed by atoms with Gasteiger partial charge in [0.15, 0.2) is 0 Å². The Kier molecular flexibility index (Phi) is 4.95. The molecule has 0 saturated heterocycles. The number of aliphatic hydroxyl groups is 1. The molecule has 2 aromatic rings. The summed E-state index contributed by atoms with van der Waals surface area (Å²) in [4.78, 5) is 15.6. The van der Waals surface area contributed by atoms with E-state index in [2.05, 4.69) is 19.2 Å². The summed E-state index contributed by atoms with van der Waals surface area (Å²) in [5.74, 6) is 2.09. The van der Waals surface area contributed by atoms with Crippen molar-refractivity contribution in [3.8, 4) is 0 Å². The van der Waals surface area contributed by atoms with E-state index >= 15 is 0 Å². The third-order valence-electron chi connectivity index (χ3n) is 7.72. The summed E-state index contributed by atoms with van der Waals surface area (Å²) in [7, 11) is 0. The molecule has 5 rings (SSSR count). The average Bonchev–Trinajstić information content (AvgIpc) is 3.21. The lowest BCUT2D eigenvalue weighted by Crippen LogP contribution is -2.47. The molecule has 2 aromatic heterocycles. The minimum absolute atomic E-state index is 0.0846. The molecule has 0 aromatic carbocycles. The number of hydrogen-bond acceptors (Lipinski definition) is 6. The number of nitrogens with one attached hydrogen (secondary N) is 1. The number of rotatable bonds is 4.